The Bertz CT molecular complexity index is 564. The van der Waals surface area contributed by atoms with Crippen molar-refractivity contribution in [3.05, 3.63) is 41.6 Å². The molecule has 19 heavy (non-hydrogen) atoms. The Hall–Kier alpha value is -2.30. The molecule has 5 nitrogen and oxygen atoms in total. The van der Waals surface area contributed by atoms with E-state index in [0.717, 1.165) is 12.8 Å². The average molecular weight is 256 g/mol. The number of aryl methyl sites for hydroxylation is 1. The number of amides is 1. The summed E-state index contributed by atoms with van der Waals surface area (Å²) in [6.45, 7) is 0.654. The van der Waals surface area contributed by atoms with Gasteiger partial charge in [-0.25, -0.2) is 4.99 Å². The molecule has 0 spiro atoms. The minimum absolute atomic E-state index is 0.212. The van der Waals surface area contributed by atoms with Gasteiger partial charge in [0.25, 0.3) is 5.91 Å². The van der Waals surface area contributed by atoms with E-state index in [-0.39, 0.29) is 6.17 Å². The lowest BCUT2D eigenvalue weighted by molar-refractivity contribution is -0.114. The van der Waals surface area contributed by atoms with Crippen LogP contribution in [-0.4, -0.2) is 29.9 Å². The first-order valence-electron chi connectivity index (χ1n) is 6.38. The van der Waals surface area contributed by atoms with Gasteiger partial charge >= 0.3 is 0 Å². The zero-order valence-corrected chi connectivity index (χ0v) is 10.5. The van der Waals surface area contributed by atoms with Crippen molar-refractivity contribution in [3.8, 4) is 0 Å². The highest BCUT2D eigenvalue weighted by Crippen LogP contribution is 2.25. The number of hydrogen-bond donors (Lipinski definition) is 2. The Morgan fingerprint density at radius 1 is 1.42 bits per heavy atom. The number of carbonyl (C=O) groups is 1. The van der Waals surface area contributed by atoms with Crippen LogP contribution in [0, 0.1) is 0 Å². The van der Waals surface area contributed by atoms with Gasteiger partial charge < -0.3 is 16.0 Å². The lowest BCUT2D eigenvalue weighted by Gasteiger charge is -2.35. The van der Waals surface area contributed by atoms with Crippen molar-refractivity contribution < 1.29 is 4.79 Å². The molecule has 1 aromatic rings. The van der Waals surface area contributed by atoms with E-state index in [1.807, 2.05) is 6.07 Å². The molecule has 0 aromatic heterocycles. The van der Waals surface area contributed by atoms with Gasteiger partial charge in [-0.1, -0.05) is 18.2 Å². The van der Waals surface area contributed by atoms with E-state index in [0.29, 0.717) is 12.2 Å². The topological polar surface area (TPSA) is 70.7 Å². The Morgan fingerprint density at radius 3 is 3.00 bits per heavy atom. The van der Waals surface area contributed by atoms with Gasteiger partial charge in [0.05, 0.1) is 6.34 Å². The Balaban J connectivity index is 1.71. The van der Waals surface area contributed by atoms with Gasteiger partial charge in [0.15, 0.2) is 0 Å². The van der Waals surface area contributed by atoms with Crippen LogP contribution >= 0.6 is 0 Å². The summed E-state index contributed by atoms with van der Waals surface area (Å²) in [5.74, 6) is -0.474. The predicted molar refractivity (Wildman–Crippen MR) is 74.6 cm³/mol. The van der Waals surface area contributed by atoms with Crippen LogP contribution in [0.5, 0.6) is 0 Å². The number of fused-ring (bicyclic) bond motifs is 1. The van der Waals surface area contributed by atoms with Crippen molar-refractivity contribution in [2.75, 3.05) is 11.9 Å². The molecule has 98 valence electrons. The first-order valence-corrected chi connectivity index (χ1v) is 6.38. The van der Waals surface area contributed by atoms with E-state index in [9.17, 15) is 4.79 Å². The van der Waals surface area contributed by atoms with Gasteiger partial charge in [-0.15, -0.1) is 0 Å². The second kappa shape index (κ2) is 4.76. The smallest absolute Gasteiger partial charge is 0.267 e. The summed E-state index contributed by atoms with van der Waals surface area (Å²) in [6.07, 6.45) is 5.74. The van der Waals surface area contributed by atoms with Crippen molar-refractivity contribution in [3.63, 3.8) is 0 Å². The van der Waals surface area contributed by atoms with Crippen molar-refractivity contribution in [1.29, 1.82) is 0 Å². The quantitative estimate of drug-likeness (QED) is 0.832. The van der Waals surface area contributed by atoms with E-state index in [4.69, 9.17) is 5.73 Å². The van der Waals surface area contributed by atoms with Crippen molar-refractivity contribution in [2.45, 2.75) is 19.0 Å². The number of nitrogens with two attached hydrogens (primary N) is 1. The molecule has 0 bridgehead atoms. The number of primary amides is 1. The summed E-state index contributed by atoms with van der Waals surface area (Å²) in [6, 6.07) is 8.33. The summed E-state index contributed by atoms with van der Waals surface area (Å²) in [4.78, 5) is 17.2. The number of para-hydroxylation sites is 1. The monoisotopic (exact) mass is 256 g/mol. The fourth-order valence-electron chi connectivity index (χ4n) is 2.47. The number of benzene rings is 1. The minimum atomic E-state index is -0.474. The molecule has 1 atom stereocenters. The van der Waals surface area contributed by atoms with Gasteiger partial charge in [0, 0.05) is 12.2 Å². The van der Waals surface area contributed by atoms with E-state index < -0.39 is 5.91 Å². The summed E-state index contributed by atoms with van der Waals surface area (Å²) in [5.41, 5.74) is 8.07. The Kier molecular flexibility index (Phi) is 2.95. The molecule has 2 heterocycles. The maximum absolute atomic E-state index is 11.0. The fourth-order valence-corrected chi connectivity index (χ4v) is 2.47. The molecular formula is C14H16N4O. The molecule has 0 aliphatic carbocycles. The molecule has 0 saturated heterocycles. The molecule has 0 radical (unpaired) electrons. The maximum atomic E-state index is 11.0. The Morgan fingerprint density at radius 2 is 2.26 bits per heavy atom. The van der Waals surface area contributed by atoms with E-state index in [1.165, 1.54) is 11.3 Å². The largest absolute Gasteiger partial charge is 0.365 e. The normalized spacial score (nSPS) is 21.4. The predicted octanol–water partition coefficient (Wildman–Crippen LogP) is 1.08. The molecule has 1 aromatic carbocycles. The zero-order chi connectivity index (χ0) is 13.2. The average Bonchev–Trinajstić information content (AvgIpc) is 2.47. The third kappa shape index (κ3) is 2.31. The van der Waals surface area contributed by atoms with Crippen LogP contribution in [0.1, 0.15) is 12.0 Å². The first kappa shape index (κ1) is 11.8. The van der Waals surface area contributed by atoms with Crippen LogP contribution in [0.2, 0.25) is 0 Å². The maximum Gasteiger partial charge on any atom is 0.267 e. The number of hydrogen-bond acceptors (Lipinski definition) is 4. The first-order chi connectivity index (χ1) is 9.24. The number of aliphatic imine (C=N–C) groups is 1. The summed E-state index contributed by atoms with van der Waals surface area (Å²) < 4.78 is 0. The van der Waals surface area contributed by atoms with Gasteiger partial charge in [-0.3, -0.25) is 4.79 Å². The van der Waals surface area contributed by atoms with Crippen LogP contribution < -0.4 is 11.1 Å². The standard InChI is InChI=1S/C14H16N4O/c15-14(19)12-7-8-18(9-16-12)13-6-5-10-3-1-2-4-11(10)17-13/h1-4,7,9,13,17H,5-6,8H2,(H2,15,19). The number of nitrogens with zero attached hydrogens (tertiary/aromatic N) is 2. The highest BCUT2D eigenvalue weighted by Gasteiger charge is 2.22. The van der Waals surface area contributed by atoms with Crippen molar-refractivity contribution in [2.24, 2.45) is 10.7 Å². The molecule has 2 aliphatic heterocycles. The van der Waals surface area contributed by atoms with Gasteiger partial charge in [0.1, 0.15) is 11.9 Å². The van der Waals surface area contributed by atoms with Crippen molar-refractivity contribution in [1.82, 2.24) is 4.90 Å². The SMILES string of the molecule is NC(=O)C1=CCN(C2CCc3ccccc3N2)C=N1. The summed E-state index contributed by atoms with van der Waals surface area (Å²) >= 11 is 0. The molecule has 0 saturated carbocycles. The van der Waals surface area contributed by atoms with Crippen LogP contribution in [-0.2, 0) is 11.2 Å². The Labute approximate surface area is 111 Å². The van der Waals surface area contributed by atoms with E-state index in [2.05, 4.69) is 33.4 Å². The fraction of sp³-hybridized carbons (Fsp3) is 0.286. The second-order valence-corrected chi connectivity index (χ2v) is 4.75. The van der Waals surface area contributed by atoms with Crippen LogP contribution in [0.3, 0.4) is 0 Å². The van der Waals surface area contributed by atoms with Crippen LogP contribution in [0.25, 0.3) is 0 Å². The molecule has 1 unspecified atom stereocenters. The van der Waals surface area contributed by atoms with Crippen LogP contribution in [0.4, 0.5) is 5.69 Å². The van der Waals surface area contributed by atoms with E-state index in [1.54, 1.807) is 12.4 Å². The lowest BCUT2D eigenvalue weighted by atomic mass is 10.0. The summed E-state index contributed by atoms with van der Waals surface area (Å²) in [7, 11) is 0. The second-order valence-electron chi connectivity index (χ2n) is 4.75. The minimum Gasteiger partial charge on any atom is -0.365 e. The molecular weight excluding hydrogens is 240 g/mol. The number of anilines is 1. The number of nitrogens with one attached hydrogen (secondary N) is 1. The molecule has 1 amide bonds. The molecule has 3 rings (SSSR count). The van der Waals surface area contributed by atoms with Crippen molar-refractivity contribution >= 4 is 17.9 Å². The van der Waals surface area contributed by atoms with Crippen LogP contribution in [0.15, 0.2) is 41.0 Å². The molecule has 5 heteroatoms. The molecule has 0 fully saturated rings. The van der Waals surface area contributed by atoms with Gasteiger partial charge in [-0.05, 0) is 30.5 Å². The van der Waals surface area contributed by atoms with Gasteiger partial charge in [-0.2, -0.15) is 0 Å². The number of carbonyl (C=O) groups excluding carboxylic acids is 1. The third-order valence-corrected chi connectivity index (χ3v) is 3.52. The molecule has 3 N–H and O–H groups in total. The lowest BCUT2D eigenvalue weighted by Crippen LogP contribution is -2.43. The number of rotatable bonds is 2. The highest BCUT2D eigenvalue weighted by molar-refractivity contribution is 5.93. The highest BCUT2D eigenvalue weighted by atomic mass is 16.1. The molecule has 2 aliphatic rings. The third-order valence-electron chi connectivity index (χ3n) is 3.52. The van der Waals surface area contributed by atoms with E-state index >= 15 is 0 Å². The zero-order valence-electron chi connectivity index (χ0n) is 10.5. The van der Waals surface area contributed by atoms with Gasteiger partial charge in [0.2, 0.25) is 0 Å². The summed E-state index contributed by atoms with van der Waals surface area (Å²) in [5, 5.41) is 3.50.